The molecule has 0 spiro atoms. The molecule has 1 N–H and O–H groups in total. The number of hydrogen-bond acceptors (Lipinski definition) is 2. The first-order chi connectivity index (χ1) is 8.61. The van der Waals surface area contributed by atoms with Crippen LogP contribution in [0.15, 0.2) is 0 Å². The molecule has 1 saturated carbocycles. The first kappa shape index (κ1) is 16.0. The number of nitrogens with zero attached hydrogens (tertiary/aromatic N) is 1. The second kappa shape index (κ2) is 8.16. The highest BCUT2D eigenvalue weighted by Gasteiger charge is 2.28. The lowest BCUT2D eigenvalue weighted by atomic mass is 9.83. The van der Waals surface area contributed by atoms with Gasteiger partial charge < -0.3 is 10.2 Å². The van der Waals surface area contributed by atoms with E-state index in [1.54, 1.807) is 0 Å². The van der Waals surface area contributed by atoms with Crippen molar-refractivity contribution in [2.24, 2.45) is 5.41 Å². The summed E-state index contributed by atoms with van der Waals surface area (Å²) in [5.74, 6) is 0. The monoisotopic (exact) mass is 254 g/mol. The van der Waals surface area contributed by atoms with Gasteiger partial charge in [-0.25, -0.2) is 0 Å². The summed E-state index contributed by atoms with van der Waals surface area (Å²) in [7, 11) is 2.34. The topological polar surface area (TPSA) is 15.3 Å². The van der Waals surface area contributed by atoms with E-state index in [9.17, 15) is 0 Å². The molecule has 1 rings (SSSR count). The summed E-state index contributed by atoms with van der Waals surface area (Å²) in [4.78, 5) is 2.64. The molecule has 0 radical (unpaired) electrons. The highest BCUT2D eigenvalue weighted by Crippen LogP contribution is 2.28. The molecule has 0 aliphatic heterocycles. The SMILES string of the molecule is CCCC(C)(CNCC)CN(C)C1CCCCC1. The van der Waals surface area contributed by atoms with Gasteiger partial charge in [0.25, 0.3) is 0 Å². The van der Waals surface area contributed by atoms with E-state index >= 15 is 0 Å². The predicted molar refractivity (Wildman–Crippen MR) is 81.1 cm³/mol. The Kier molecular flexibility index (Phi) is 7.25. The summed E-state index contributed by atoms with van der Waals surface area (Å²) in [5.41, 5.74) is 0.441. The molecule has 2 nitrogen and oxygen atoms in total. The van der Waals surface area contributed by atoms with Crippen molar-refractivity contribution in [3.63, 3.8) is 0 Å². The lowest BCUT2D eigenvalue weighted by Gasteiger charge is -2.39. The van der Waals surface area contributed by atoms with Crippen LogP contribution in [-0.2, 0) is 0 Å². The van der Waals surface area contributed by atoms with E-state index in [0.717, 1.165) is 19.1 Å². The van der Waals surface area contributed by atoms with Crippen LogP contribution in [-0.4, -0.2) is 37.6 Å². The van der Waals surface area contributed by atoms with E-state index in [1.807, 2.05) is 0 Å². The number of rotatable bonds is 8. The summed E-state index contributed by atoms with van der Waals surface area (Å²) in [6.07, 6.45) is 9.78. The molecule has 1 aliphatic carbocycles. The Labute approximate surface area is 115 Å². The van der Waals surface area contributed by atoms with Crippen molar-refractivity contribution in [1.82, 2.24) is 10.2 Å². The summed E-state index contributed by atoms with van der Waals surface area (Å²) in [6, 6.07) is 0.844. The fraction of sp³-hybridized carbons (Fsp3) is 1.00. The Morgan fingerprint density at radius 1 is 1.17 bits per heavy atom. The third-order valence-electron chi connectivity index (χ3n) is 4.48. The first-order valence-electron chi connectivity index (χ1n) is 8.02. The normalized spacial score (nSPS) is 21.2. The van der Waals surface area contributed by atoms with Crippen molar-refractivity contribution in [2.75, 3.05) is 26.7 Å². The quantitative estimate of drug-likeness (QED) is 0.711. The van der Waals surface area contributed by atoms with E-state index < -0.39 is 0 Å². The van der Waals surface area contributed by atoms with E-state index in [0.29, 0.717) is 5.41 Å². The molecule has 0 aromatic carbocycles. The zero-order chi connectivity index (χ0) is 13.4. The van der Waals surface area contributed by atoms with Gasteiger partial charge >= 0.3 is 0 Å². The Morgan fingerprint density at radius 2 is 1.83 bits per heavy atom. The van der Waals surface area contributed by atoms with Crippen molar-refractivity contribution in [3.8, 4) is 0 Å². The van der Waals surface area contributed by atoms with Gasteiger partial charge in [0.15, 0.2) is 0 Å². The Balaban J connectivity index is 2.47. The van der Waals surface area contributed by atoms with Gasteiger partial charge in [-0.3, -0.25) is 0 Å². The zero-order valence-corrected chi connectivity index (χ0v) is 13.1. The molecular formula is C16H34N2. The van der Waals surface area contributed by atoms with Crippen LogP contribution in [0.3, 0.4) is 0 Å². The fourth-order valence-corrected chi connectivity index (χ4v) is 3.51. The third kappa shape index (κ3) is 5.27. The van der Waals surface area contributed by atoms with Crippen LogP contribution in [0.2, 0.25) is 0 Å². The molecule has 0 aromatic rings. The molecule has 0 aromatic heterocycles. The second-order valence-corrected chi connectivity index (χ2v) is 6.55. The third-order valence-corrected chi connectivity index (χ3v) is 4.48. The minimum Gasteiger partial charge on any atom is -0.316 e. The van der Waals surface area contributed by atoms with Crippen molar-refractivity contribution in [2.45, 2.75) is 71.8 Å². The van der Waals surface area contributed by atoms with E-state index in [-0.39, 0.29) is 0 Å². The largest absolute Gasteiger partial charge is 0.316 e. The molecule has 108 valence electrons. The Hall–Kier alpha value is -0.0800. The van der Waals surface area contributed by atoms with Gasteiger partial charge in [0.2, 0.25) is 0 Å². The van der Waals surface area contributed by atoms with Crippen LogP contribution in [0.5, 0.6) is 0 Å². The minimum atomic E-state index is 0.441. The molecule has 1 unspecified atom stereocenters. The van der Waals surface area contributed by atoms with Gasteiger partial charge in [0, 0.05) is 19.1 Å². The summed E-state index contributed by atoms with van der Waals surface area (Å²) < 4.78 is 0. The van der Waals surface area contributed by atoms with Crippen molar-refractivity contribution < 1.29 is 0 Å². The van der Waals surface area contributed by atoms with Crippen LogP contribution in [0, 0.1) is 5.41 Å². The van der Waals surface area contributed by atoms with Gasteiger partial charge in [-0.05, 0) is 38.3 Å². The number of hydrogen-bond donors (Lipinski definition) is 1. The van der Waals surface area contributed by atoms with Crippen LogP contribution in [0.25, 0.3) is 0 Å². The van der Waals surface area contributed by atoms with Crippen molar-refractivity contribution in [1.29, 1.82) is 0 Å². The molecule has 2 heteroatoms. The standard InChI is InChI=1S/C16H34N2/c1-5-12-16(3,13-17-6-2)14-18(4)15-10-8-7-9-11-15/h15,17H,5-14H2,1-4H3. The molecule has 18 heavy (non-hydrogen) atoms. The molecule has 1 fully saturated rings. The molecular weight excluding hydrogens is 220 g/mol. The highest BCUT2D eigenvalue weighted by molar-refractivity contribution is 4.83. The summed E-state index contributed by atoms with van der Waals surface area (Å²) in [5, 5.41) is 3.56. The lowest BCUT2D eigenvalue weighted by Crippen LogP contribution is -2.45. The maximum Gasteiger partial charge on any atom is 0.00924 e. The van der Waals surface area contributed by atoms with Gasteiger partial charge in [-0.1, -0.05) is 46.5 Å². The van der Waals surface area contributed by atoms with Crippen LogP contribution in [0.1, 0.15) is 65.7 Å². The molecule has 1 atom stereocenters. The van der Waals surface area contributed by atoms with Gasteiger partial charge in [-0.15, -0.1) is 0 Å². The van der Waals surface area contributed by atoms with Crippen LogP contribution >= 0.6 is 0 Å². The Morgan fingerprint density at radius 3 is 2.39 bits per heavy atom. The highest BCUT2D eigenvalue weighted by atomic mass is 15.1. The molecule has 0 heterocycles. The molecule has 0 amide bonds. The van der Waals surface area contributed by atoms with Gasteiger partial charge in [0.1, 0.15) is 0 Å². The first-order valence-corrected chi connectivity index (χ1v) is 8.02. The van der Waals surface area contributed by atoms with E-state index in [4.69, 9.17) is 0 Å². The average Bonchev–Trinajstić information content (AvgIpc) is 2.38. The molecule has 0 saturated heterocycles. The lowest BCUT2D eigenvalue weighted by molar-refractivity contribution is 0.114. The number of nitrogens with one attached hydrogen (secondary N) is 1. The predicted octanol–water partition coefficient (Wildman–Crippen LogP) is 3.67. The Bertz CT molecular complexity index is 211. The summed E-state index contributed by atoms with van der Waals surface area (Å²) in [6.45, 7) is 10.5. The van der Waals surface area contributed by atoms with Gasteiger partial charge in [-0.2, -0.15) is 0 Å². The average molecular weight is 254 g/mol. The van der Waals surface area contributed by atoms with Crippen molar-refractivity contribution >= 4 is 0 Å². The molecule has 1 aliphatic rings. The fourth-order valence-electron chi connectivity index (χ4n) is 3.51. The maximum atomic E-state index is 3.56. The van der Waals surface area contributed by atoms with Gasteiger partial charge in [0.05, 0.1) is 0 Å². The second-order valence-electron chi connectivity index (χ2n) is 6.55. The maximum absolute atomic E-state index is 3.56. The van der Waals surface area contributed by atoms with Crippen molar-refractivity contribution in [3.05, 3.63) is 0 Å². The molecule has 0 bridgehead atoms. The van der Waals surface area contributed by atoms with E-state index in [2.05, 4.69) is 38.0 Å². The smallest absolute Gasteiger partial charge is 0.00924 e. The summed E-state index contributed by atoms with van der Waals surface area (Å²) >= 11 is 0. The van der Waals surface area contributed by atoms with E-state index in [1.165, 1.54) is 51.5 Å². The van der Waals surface area contributed by atoms with Crippen LogP contribution in [0.4, 0.5) is 0 Å². The van der Waals surface area contributed by atoms with Crippen LogP contribution < -0.4 is 5.32 Å². The zero-order valence-electron chi connectivity index (χ0n) is 13.1. The minimum absolute atomic E-state index is 0.441.